The van der Waals surface area contributed by atoms with E-state index in [1.54, 1.807) is 4.90 Å². The number of hydrogen-bond acceptors (Lipinski definition) is 6. The summed E-state index contributed by atoms with van der Waals surface area (Å²) in [6, 6.07) is 9.76. The first-order chi connectivity index (χ1) is 14.4. The molecule has 2 aliphatic rings. The molecule has 0 aromatic heterocycles. The van der Waals surface area contributed by atoms with Crippen LogP contribution in [0.25, 0.3) is 0 Å². The maximum absolute atomic E-state index is 13.0. The van der Waals surface area contributed by atoms with Gasteiger partial charge in [0.05, 0.1) is 18.1 Å². The maximum atomic E-state index is 13.0. The topological polar surface area (TPSA) is 94.2 Å². The quantitative estimate of drug-likeness (QED) is 0.760. The molecule has 1 fully saturated rings. The average Bonchev–Trinajstić information content (AvgIpc) is 2.78. The molecule has 2 aromatic rings. The number of sulfonamides is 1. The smallest absolute Gasteiger partial charge is 0.267 e. The molecule has 0 spiro atoms. The molecule has 0 radical (unpaired) electrons. The number of benzene rings is 2. The highest BCUT2D eigenvalue weighted by Crippen LogP contribution is 2.34. The third-order valence-electron chi connectivity index (χ3n) is 4.86. The van der Waals surface area contributed by atoms with Crippen LogP contribution in [0.1, 0.15) is 5.56 Å². The van der Waals surface area contributed by atoms with Crippen molar-refractivity contribution in [3.63, 3.8) is 0 Å². The van der Waals surface area contributed by atoms with E-state index >= 15 is 0 Å². The number of carbonyl (C=O) groups is 1. The molecule has 10 heteroatoms. The highest BCUT2D eigenvalue weighted by Gasteiger charge is 2.32. The Hall–Kier alpha value is -2.69. The number of amides is 1. The molecule has 160 valence electrons. The number of carbonyl (C=O) groups excluding carboxylic acids is 1. The van der Waals surface area contributed by atoms with Gasteiger partial charge in [-0.15, -0.1) is 0 Å². The number of nitrogens with zero attached hydrogens (tertiary/aromatic N) is 1. The lowest BCUT2D eigenvalue weighted by Gasteiger charge is -2.32. The molecule has 4 rings (SSSR count). The van der Waals surface area contributed by atoms with Gasteiger partial charge in [0.25, 0.3) is 5.91 Å². The van der Waals surface area contributed by atoms with Gasteiger partial charge in [-0.3, -0.25) is 4.79 Å². The van der Waals surface area contributed by atoms with Crippen molar-refractivity contribution >= 4 is 15.9 Å². The summed E-state index contributed by atoms with van der Waals surface area (Å²) >= 11 is 0. The third kappa shape index (κ3) is 4.55. The molecule has 0 unspecified atom stereocenters. The minimum Gasteiger partial charge on any atom is -0.485 e. The van der Waals surface area contributed by atoms with Crippen LogP contribution in [0.3, 0.4) is 0 Å². The first-order valence-electron chi connectivity index (χ1n) is 9.46. The summed E-state index contributed by atoms with van der Waals surface area (Å²) in [6.07, 6.45) is -0.783. The van der Waals surface area contributed by atoms with Gasteiger partial charge in [0.2, 0.25) is 16.1 Å². The normalized spacial score (nSPS) is 18.8. The van der Waals surface area contributed by atoms with Gasteiger partial charge in [-0.05, 0) is 29.8 Å². The van der Waals surface area contributed by atoms with E-state index in [0.717, 1.165) is 0 Å². The highest BCUT2D eigenvalue weighted by atomic mass is 32.2. The minimum absolute atomic E-state index is 0.00427. The van der Waals surface area contributed by atoms with E-state index in [9.17, 15) is 17.6 Å². The van der Waals surface area contributed by atoms with Crippen molar-refractivity contribution in [3.05, 3.63) is 53.8 Å². The predicted molar refractivity (Wildman–Crippen MR) is 104 cm³/mol. The summed E-state index contributed by atoms with van der Waals surface area (Å²) in [5.41, 5.74) is 0.627. The molecule has 0 aliphatic carbocycles. The molecule has 0 bridgehead atoms. The second-order valence-electron chi connectivity index (χ2n) is 6.91. The molecular formula is C20H21FN2O6S. The molecule has 1 amide bonds. The third-order valence-corrected chi connectivity index (χ3v) is 6.26. The molecule has 30 heavy (non-hydrogen) atoms. The van der Waals surface area contributed by atoms with Gasteiger partial charge in [-0.1, -0.05) is 12.1 Å². The number of rotatable bonds is 5. The first kappa shape index (κ1) is 20.6. The van der Waals surface area contributed by atoms with Crippen molar-refractivity contribution in [1.29, 1.82) is 0 Å². The van der Waals surface area contributed by atoms with Gasteiger partial charge in [-0.2, -0.15) is 0 Å². The highest BCUT2D eigenvalue weighted by molar-refractivity contribution is 7.89. The summed E-state index contributed by atoms with van der Waals surface area (Å²) in [4.78, 5) is 14.2. The van der Waals surface area contributed by atoms with Crippen LogP contribution in [-0.2, 0) is 26.1 Å². The Labute approximate surface area is 173 Å². The Bertz CT molecular complexity index is 1020. The number of halogens is 1. The molecule has 0 saturated carbocycles. The zero-order chi connectivity index (χ0) is 21.1. The van der Waals surface area contributed by atoms with Crippen molar-refractivity contribution in [3.8, 4) is 11.5 Å². The number of hydrogen-bond donors (Lipinski definition) is 1. The molecule has 1 saturated heterocycles. The van der Waals surface area contributed by atoms with E-state index in [1.807, 2.05) is 0 Å². The van der Waals surface area contributed by atoms with Crippen LogP contribution in [-0.4, -0.2) is 58.2 Å². The van der Waals surface area contributed by atoms with Crippen LogP contribution in [0.2, 0.25) is 0 Å². The standard InChI is InChI=1S/C20H21FN2O6S/c21-15-3-1-14(2-4-15)12-22-30(25,26)16-5-6-17-18(11-16)28-13-19(29-17)20(24)23-7-9-27-10-8-23/h1-6,11,19,22H,7-10,12-13H2/t19-/m0/s1. The van der Waals surface area contributed by atoms with Gasteiger partial charge >= 0.3 is 0 Å². The Morgan fingerprint density at radius 1 is 1.10 bits per heavy atom. The number of fused-ring (bicyclic) bond motifs is 1. The van der Waals surface area contributed by atoms with Crippen molar-refractivity contribution < 1.29 is 31.8 Å². The van der Waals surface area contributed by atoms with Gasteiger partial charge in [0, 0.05) is 25.7 Å². The Morgan fingerprint density at radius 2 is 1.83 bits per heavy atom. The van der Waals surface area contributed by atoms with E-state index in [2.05, 4.69) is 4.72 Å². The van der Waals surface area contributed by atoms with Gasteiger partial charge in [0.1, 0.15) is 12.4 Å². The zero-order valence-electron chi connectivity index (χ0n) is 16.0. The van der Waals surface area contributed by atoms with Crippen LogP contribution in [0.4, 0.5) is 4.39 Å². The molecule has 8 nitrogen and oxygen atoms in total. The second kappa shape index (κ2) is 8.58. The molecule has 2 aromatic carbocycles. The lowest BCUT2D eigenvalue weighted by molar-refractivity contribution is -0.145. The number of ether oxygens (including phenoxy) is 3. The van der Waals surface area contributed by atoms with Crippen molar-refractivity contribution in [1.82, 2.24) is 9.62 Å². The Kier molecular flexibility index (Phi) is 5.89. The average molecular weight is 436 g/mol. The molecular weight excluding hydrogens is 415 g/mol. The monoisotopic (exact) mass is 436 g/mol. The molecule has 1 N–H and O–H groups in total. The van der Waals surface area contributed by atoms with Crippen molar-refractivity contribution in [2.45, 2.75) is 17.5 Å². The summed E-state index contributed by atoms with van der Waals surface area (Å²) in [5, 5.41) is 0. The van der Waals surface area contributed by atoms with Crippen LogP contribution < -0.4 is 14.2 Å². The fourth-order valence-corrected chi connectivity index (χ4v) is 4.22. The van der Waals surface area contributed by atoms with Crippen LogP contribution in [0.15, 0.2) is 47.4 Å². The van der Waals surface area contributed by atoms with E-state index < -0.39 is 16.1 Å². The fraction of sp³-hybridized carbons (Fsp3) is 0.350. The largest absolute Gasteiger partial charge is 0.485 e. The minimum atomic E-state index is -3.82. The number of morpholine rings is 1. The van der Waals surface area contributed by atoms with E-state index in [1.165, 1.54) is 42.5 Å². The zero-order valence-corrected chi connectivity index (χ0v) is 16.9. The lowest BCUT2D eigenvalue weighted by Crippen LogP contribution is -2.50. The van der Waals surface area contributed by atoms with E-state index in [-0.39, 0.29) is 35.5 Å². The predicted octanol–water partition coefficient (Wildman–Crippen LogP) is 1.30. The van der Waals surface area contributed by atoms with Crippen molar-refractivity contribution in [2.75, 3.05) is 32.9 Å². The molecule has 1 atom stereocenters. The van der Waals surface area contributed by atoms with E-state index in [0.29, 0.717) is 37.6 Å². The van der Waals surface area contributed by atoms with Crippen LogP contribution >= 0.6 is 0 Å². The van der Waals surface area contributed by atoms with Gasteiger partial charge < -0.3 is 19.1 Å². The summed E-state index contributed by atoms with van der Waals surface area (Å²) in [6.45, 7) is 2.00. The number of nitrogens with one attached hydrogen (secondary N) is 1. The second-order valence-corrected chi connectivity index (χ2v) is 8.68. The van der Waals surface area contributed by atoms with Crippen LogP contribution in [0.5, 0.6) is 11.5 Å². The fourth-order valence-electron chi connectivity index (χ4n) is 3.19. The summed E-state index contributed by atoms with van der Waals surface area (Å²) in [5.74, 6) is -0.00325. The summed E-state index contributed by atoms with van der Waals surface area (Å²) in [7, 11) is -3.82. The first-order valence-corrected chi connectivity index (χ1v) is 10.9. The summed E-state index contributed by atoms with van der Waals surface area (Å²) < 4.78 is 57.2. The maximum Gasteiger partial charge on any atom is 0.267 e. The molecule has 2 aliphatic heterocycles. The van der Waals surface area contributed by atoms with Crippen LogP contribution in [0, 0.1) is 5.82 Å². The Balaban J connectivity index is 1.42. The molecule has 2 heterocycles. The van der Waals surface area contributed by atoms with Gasteiger partial charge in [-0.25, -0.2) is 17.5 Å². The van der Waals surface area contributed by atoms with Crippen molar-refractivity contribution in [2.24, 2.45) is 0 Å². The van der Waals surface area contributed by atoms with E-state index in [4.69, 9.17) is 14.2 Å². The lowest BCUT2D eigenvalue weighted by atomic mass is 10.2. The SMILES string of the molecule is O=C([C@@H]1COc2cc(S(=O)(=O)NCc3ccc(F)cc3)ccc2O1)N1CCOCC1. The Morgan fingerprint density at radius 3 is 2.57 bits per heavy atom. The van der Waals surface area contributed by atoms with Gasteiger partial charge in [0.15, 0.2) is 11.5 Å².